The average molecular weight is 462 g/mol. The van der Waals surface area contributed by atoms with Crippen LogP contribution in [0.2, 0.25) is 0 Å². The fourth-order valence-electron chi connectivity index (χ4n) is 3.63. The molecule has 31 heavy (non-hydrogen) atoms. The number of carbonyl (C=O) groups excluding carboxylic acids is 2. The van der Waals surface area contributed by atoms with Crippen molar-refractivity contribution >= 4 is 45.0 Å². The molecule has 0 radical (unpaired) electrons. The second-order valence-corrected chi connectivity index (χ2v) is 10.3. The molecule has 0 aromatic heterocycles. The van der Waals surface area contributed by atoms with Crippen molar-refractivity contribution in [3.8, 4) is 5.75 Å². The van der Waals surface area contributed by atoms with Crippen molar-refractivity contribution < 1.29 is 22.7 Å². The van der Waals surface area contributed by atoms with Gasteiger partial charge in [-0.3, -0.25) is 13.9 Å². The van der Waals surface area contributed by atoms with Crippen molar-refractivity contribution in [2.45, 2.75) is 12.5 Å². The number of benzene rings is 2. The number of rotatable bonds is 5. The van der Waals surface area contributed by atoms with Crippen LogP contribution in [-0.2, 0) is 14.8 Å². The van der Waals surface area contributed by atoms with Gasteiger partial charge in [0.25, 0.3) is 5.91 Å². The molecule has 4 rings (SSSR count). The normalized spacial score (nSPS) is 20.0. The van der Waals surface area contributed by atoms with E-state index in [1.807, 2.05) is 0 Å². The molecule has 2 aromatic carbocycles. The molecule has 2 fully saturated rings. The first-order valence-electron chi connectivity index (χ1n) is 9.83. The van der Waals surface area contributed by atoms with Gasteiger partial charge in [0.1, 0.15) is 11.8 Å². The monoisotopic (exact) mass is 461 g/mol. The number of carbonyl (C=O) groups is 2. The van der Waals surface area contributed by atoms with Crippen LogP contribution in [0.3, 0.4) is 0 Å². The molecule has 0 aliphatic carbocycles. The van der Waals surface area contributed by atoms with E-state index in [0.29, 0.717) is 47.3 Å². The van der Waals surface area contributed by atoms with Crippen LogP contribution < -0.4 is 14.4 Å². The zero-order valence-electron chi connectivity index (χ0n) is 17.0. The van der Waals surface area contributed by atoms with Gasteiger partial charge in [-0.2, -0.15) is 0 Å². The Kier molecular flexibility index (Phi) is 6.10. The van der Waals surface area contributed by atoms with Crippen molar-refractivity contribution in [2.24, 2.45) is 0 Å². The van der Waals surface area contributed by atoms with Crippen molar-refractivity contribution in [2.75, 3.05) is 40.7 Å². The van der Waals surface area contributed by atoms with Gasteiger partial charge in [-0.25, -0.2) is 8.42 Å². The van der Waals surface area contributed by atoms with Crippen molar-refractivity contribution in [1.82, 2.24) is 4.90 Å². The molecule has 2 aromatic rings. The average Bonchev–Trinajstić information content (AvgIpc) is 3.40. The molecule has 0 spiro atoms. The molecule has 10 heteroatoms. The lowest BCUT2D eigenvalue weighted by Crippen LogP contribution is -2.44. The second kappa shape index (κ2) is 8.80. The minimum absolute atomic E-state index is 0.143. The number of hydrogen-bond donors (Lipinski definition) is 1. The molecule has 0 saturated carbocycles. The first-order chi connectivity index (χ1) is 14.9. The third-order valence-electron chi connectivity index (χ3n) is 5.30. The van der Waals surface area contributed by atoms with Gasteiger partial charge in [0.15, 0.2) is 0 Å². The smallest absolute Gasteiger partial charge is 0.255 e. The molecule has 2 amide bonds. The Labute approximate surface area is 185 Å². The van der Waals surface area contributed by atoms with Crippen LogP contribution in [0.4, 0.5) is 11.4 Å². The van der Waals surface area contributed by atoms with Crippen molar-refractivity contribution in [3.63, 3.8) is 0 Å². The lowest BCUT2D eigenvalue weighted by atomic mass is 10.1. The number of amides is 2. The molecule has 1 N–H and O–H groups in total. The highest BCUT2D eigenvalue weighted by Crippen LogP contribution is 2.27. The van der Waals surface area contributed by atoms with E-state index in [9.17, 15) is 18.0 Å². The zero-order chi connectivity index (χ0) is 22.0. The SMILES string of the molecule is COc1ccc(NC(=O)C2CSCN2C(=O)c2ccc(N3CCCS3(=O)=O)cc2)cc1. The molecule has 164 valence electrons. The van der Waals surface area contributed by atoms with E-state index in [-0.39, 0.29) is 17.6 Å². The Bertz CT molecular complexity index is 1070. The highest BCUT2D eigenvalue weighted by Gasteiger charge is 2.35. The summed E-state index contributed by atoms with van der Waals surface area (Å²) in [5.74, 6) is 1.26. The van der Waals surface area contributed by atoms with E-state index in [4.69, 9.17) is 4.74 Å². The van der Waals surface area contributed by atoms with Gasteiger partial charge in [-0.15, -0.1) is 11.8 Å². The molecule has 2 aliphatic heterocycles. The summed E-state index contributed by atoms with van der Waals surface area (Å²) in [6.07, 6.45) is 0.596. The maximum Gasteiger partial charge on any atom is 0.255 e. The van der Waals surface area contributed by atoms with E-state index >= 15 is 0 Å². The fourth-order valence-corrected chi connectivity index (χ4v) is 6.34. The van der Waals surface area contributed by atoms with Crippen LogP contribution in [0, 0.1) is 0 Å². The molecule has 2 aliphatic rings. The van der Waals surface area contributed by atoms with E-state index in [1.54, 1.807) is 60.5 Å². The van der Waals surface area contributed by atoms with Gasteiger partial charge in [-0.1, -0.05) is 0 Å². The van der Waals surface area contributed by atoms with Crippen LogP contribution >= 0.6 is 11.8 Å². The van der Waals surface area contributed by atoms with Gasteiger partial charge < -0.3 is 15.0 Å². The van der Waals surface area contributed by atoms with Crippen LogP contribution in [0.15, 0.2) is 48.5 Å². The van der Waals surface area contributed by atoms with Gasteiger partial charge in [0.05, 0.1) is 24.4 Å². The summed E-state index contributed by atoms with van der Waals surface area (Å²) < 4.78 is 30.7. The maximum absolute atomic E-state index is 13.0. The predicted molar refractivity (Wildman–Crippen MR) is 121 cm³/mol. The molecule has 8 nitrogen and oxygen atoms in total. The number of nitrogens with one attached hydrogen (secondary N) is 1. The van der Waals surface area contributed by atoms with Crippen LogP contribution in [0.1, 0.15) is 16.8 Å². The van der Waals surface area contributed by atoms with Gasteiger partial charge in [0.2, 0.25) is 15.9 Å². The third-order valence-corrected chi connectivity index (χ3v) is 8.19. The van der Waals surface area contributed by atoms with Crippen LogP contribution in [0.25, 0.3) is 0 Å². The molecule has 0 bridgehead atoms. The Hall–Kier alpha value is -2.72. The lowest BCUT2D eigenvalue weighted by molar-refractivity contribution is -0.119. The summed E-state index contributed by atoms with van der Waals surface area (Å²) in [6, 6.07) is 12.9. The molecule has 2 saturated heterocycles. The molecular weight excluding hydrogens is 438 g/mol. The van der Waals surface area contributed by atoms with Gasteiger partial charge in [-0.05, 0) is 55.0 Å². The van der Waals surface area contributed by atoms with E-state index in [2.05, 4.69) is 5.32 Å². The van der Waals surface area contributed by atoms with Gasteiger partial charge in [0, 0.05) is 23.5 Å². The van der Waals surface area contributed by atoms with E-state index in [1.165, 1.54) is 16.1 Å². The van der Waals surface area contributed by atoms with Crippen LogP contribution in [-0.4, -0.2) is 62.2 Å². The molecule has 1 unspecified atom stereocenters. The van der Waals surface area contributed by atoms with Gasteiger partial charge >= 0.3 is 0 Å². The number of anilines is 2. The minimum atomic E-state index is -3.27. The quantitative estimate of drug-likeness (QED) is 0.735. The topological polar surface area (TPSA) is 96.0 Å². The minimum Gasteiger partial charge on any atom is -0.497 e. The number of hydrogen-bond acceptors (Lipinski definition) is 6. The Morgan fingerprint density at radius 2 is 1.81 bits per heavy atom. The molecular formula is C21H23N3O5S2. The highest BCUT2D eigenvalue weighted by atomic mass is 32.2. The fraction of sp³-hybridized carbons (Fsp3) is 0.333. The number of thioether (sulfide) groups is 1. The Morgan fingerprint density at radius 3 is 2.42 bits per heavy atom. The van der Waals surface area contributed by atoms with Crippen molar-refractivity contribution in [3.05, 3.63) is 54.1 Å². The van der Waals surface area contributed by atoms with E-state index in [0.717, 1.165) is 0 Å². The largest absolute Gasteiger partial charge is 0.497 e. The van der Waals surface area contributed by atoms with Crippen LogP contribution in [0.5, 0.6) is 5.75 Å². The van der Waals surface area contributed by atoms with E-state index < -0.39 is 16.1 Å². The number of ether oxygens (including phenoxy) is 1. The first-order valence-corrected chi connectivity index (χ1v) is 12.6. The number of nitrogens with zero attached hydrogens (tertiary/aromatic N) is 2. The summed E-state index contributed by atoms with van der Waals surface area (Å²) in [5, 5.41) is 2.85. The third kappa shape index (κ3) is 4.49. The molecule has 2 heterocycles. The standard InChI is InChI=1S/C21H23N3O5S2/c1-29-18-9-5-16(6-10-18)22-20(25)19-13-30-14-23(19)21(26)15-3-7-17(8-4-15)24-11-2-12-31(24,27)28/h3-10,19H,2,11-14H2,1H3,(H,22,25). The van der Waals surface area contributed by atoms with Crippen molar-refractivity contribution in [1.29, 1.82) is 0 Å². The zero-order valence-corrected chi connectivity index (χ0v) is 18.6. The summed E-state index contributed by atoms with van der Waals surface area (Å²) >= 11 is 1.52. The summed E-state index contributed by atoms with van der Waals surface area (Å²) in [4.78, 5) is 27.4. The summed E-state index contributed by atoms with van der Waals surface area (Å²) in [5.41, 5.74) is 1.61. The molecule has 1 atom stereocenters. The summed E-state index contributed by atoms with van der Waals surface area (Å²) in [6.45, 7) is 0.450. The Balaban J connectivity index is 1.45. The predicted octanol–water partition coefficient (Wildman–Crippen LogP) is 2.39. The summed E-state index contributed by atoms with van der Waals surface area (Å²) in [7, 11) is -1.70. The Morgan fingerprint density at radius 1 is 1.10 bits per heavy atom. The highest BCUT2D eigenvalue weighted by molar-refractivity contribution is 7.99. The number of sulfonamides is 1. The number of methoxy groups -OCH3 is 1. The first kappa shape index (κ1) is 21.5. The second-order valence-electron chi connectivity index (χ2n) is 7.30. The maximum atomic E-state index is 13.0. The lowest BCUT2D eigenvalue weighted by Gasteiger charge is -2.23.